The highest BCUT2D eigenvalue weighted by atomic mass is 28.5. The molecule has 0 atom stereocenters. The maximum absolute atomic E-state index is 5.86. The topological polar surface area (TPSA) is 37.2 Å². The van der Waals surface area contributed by atoms with Crippen LogP contribution in [-0.2, 0) is 0 Å². The molecule has 1 fully saturated rings. The Labute approximate surface area is 368 Å². The molecule has 298 valence electrons. The number of para-hydroxylation sites is 2. The zero-order chi connectivity index (χ0) is 41.8. The molecular weight excluding hydrogens is 799 g/mol. The minimum Gasteiger partial charge on any atom is -0.363 e. The molecule has 0 aliphatic carbocycles. The average molecular weight is 840 g/mol. The maximum atomic E-state index is 5.86. The molecule has 1 aliphatic rings. The molecule has 0 N–H and O–H groups in total. The summed E-state index contributed by atoms with van der Waals surface area (Å²) in [5, 5.41) is 8.57. The van der Waals surface area contributed by atoms with E-state index in [1.54, 1.807) is 0 Å². The number of anilines is 2. The summed E-state index contributed by atoms with van der Waals surface area (Å²) in [6, 6.07) is 90.5. The summed E-state index contributed by atoms with van der Waals surface area (Å²) in [7, 11) is -6.64. The van der Waals surface area contributed by atoms with E-state index in [0.29, 0.717) is 0 Å². The van der Waals surface area contributed by atoms with Crippen LogP contribution in [0.15, 0.2) is 249 Å². The van der Waals surface area contributed by atoms with E-state index >= 15 is 0 Å². The summed E-state index contributed by atoms with van der Waals surface area (Å²) in [4.78, 5) is 11.6. The Kier molecular flexibility index (Phi) is 8.77. The second-order valence-electron chi connectivity index (χ2n) is 16.1. The first-order chi connectivity index (χ1) is 31.3. The van der Waals surface area contributed by atoms with Gasteiger partial charge in [-0.1, -0.05) is 206 Å². The van der Waals surface area contributed by atoms with Gasteiger partial charge in [0.25, 0.3) is 0 Å². The van der Waals surface area contributed by atoms with E-state index < -0.39 is 16.8 Å². The van der Waals surface area contributed by atoms with Crippen LogP contribution in [0.3, 0.4) is 0 Å². The minimum absolute atomic E-state index is 0.883. The van der Waals surface area contributed by atoms with Crippen molar-refractivity contribution in [2.75, 3.05) is 8.46 Å². The van der Waals surface area contributed by atoms with Crippen LogP contribution in [0.25, 0.3) is 49.7 Å². The van der Waals surface area contributed by atoms with Crippen LogP contribution in [0.2, 0.25) is 0 Å². The molecule has 0 unspecified atom stereocenters. The van der Waals surface area contributed by atoms with Crippen molar-refractivity contribution in [1.82, 2.24) is 14.5 Å². The van der Waals surface area contributed by atoms with Crippen LogP contribution in [0, 0.1) is 0 Å². The van der Waals surface area contributed by atoms with E-state index in [-0.39, 0.29) is 0 Å². The monoisotopic (exact) mass is 839 g/mol. The number of pyridine rings is 2. The van der Waals surface area contributed by atoms with Crippen molar-refractivity contribution in [3.63, 3.8) is 0 Å². The molecule has 63 heavy (non-hydrogen) atoms. The summed E-state index contributed by atoms with van der Waals surface area (Å²) >= 11 is 0. The highest BCUT2D eigenvalue weighted by Gasteiger charge is 2.75. The first-order valence-electron chi connectivity index (χ1n) is 21.5. The number of rotatable bonds is 8. The Hall–Kier alpha value is -7.85. The molecule has 0 saturated carbocycles. The predicted octanol–water partition coefficient (Wildman–Crippen LogP) is 10.2. The van der Waals surface area contributed by atoms with Crippen LogP contribution in [0.1, 0.15) is 0 Å². The van der Waals surface area contributed by atoms with Crippen molar-refractivity contribution in [2.24, 2.45) is 0 Å². The number of nitrogens with zero attached hydrogens (tertiary/aromatic N) is 5. The lowest BCUT2D eigenvalue weighted by atomic mass is 10.0. The normalized spacial score (nSPS) is 14.2. The van der Waals surface area contributed by atoms with E-state index in [2.05, 4.69) is 262 Å². The van der Waals surface area contributed by atoms with Crippen molar-refractivity contribution in [3.8, 4) is 16.9 Å². The second-order valence-corrected chi connectivity index (χ2v) is 23.8. The fourth-order valence-corrected chi connectivity index (χ4v) is 25.2. The molecule has 7 heteroatoms. The summed E-state index contributed by atoms with van der Waals surface area (Å²) < 4.78 is 8.00. The fourth-order valence-electron chi connectivity index (χ4n) is 10.2. The molecule has 1 aliphatic heterocycles. The van der Waals surface area contributed by atoms with Gasteiger partial charge in [-0.15, -0.1) is 0 Å². The summed E-state index contributed by atoms with van der Waals surface area (Å²) in [6.07, 6.45) is 0. The Morgan fingerprint density at radius 3 is 1.22 bits per heavy atom. The molecule has 1 saturated heterocycles. The smallest absolute Gasteiger partial charge is 0.320 e. The first-order valence-corrected chi connectivity index (χ1v) is 25.3. The van der Waals surface area contributed by atoms with Crippen LogP contribution in [0.5, 0.6) is 0 Å². The van der Waals surface area contributed by atoms with Gasteiger partial charge >= 0.3 is 16.8 Å². The zero-order valence-corrected chi connectivity index (χ0v) is 36.4. The summed E-state index contributed by atoms with van der Waals surface area (Å²) in [5.41, 5.74) is 5.55. The van der Waals surface area contributed by atoms with Gasteiger partial charge in [-0.25, -0.2) is 9.97 Å². The SMILES string of the molecule is c1ccc(-c2ccc3ccc(N4[Si](c5ccccc5)(c5ccccc5)N(c5cccc(-n6c7ccccc7c7ccccc76)n5)[Si]4(c4ccccc4)c4ccccc4)nc3c2)cc1. The lowest BCUT2D eigenvalue weighted by Gasteiger charge is -2.71. The third-order valence-corrected chi connectivity index (χ3v) is 24.7. The first kappa shape index (κ1) is 37.0. The van der Waals surface area contributed by atoms with Gasteiger partial charge in [0, 0.05) is 16.2 Å². The van der Waals surface area contributed by atoms with Crippen molar-refractivity contribution in [3.05, 3.63) is 249 Å². The molecular formula is C56H41N5Si2. The van der Waals surface area contributed by atoms with Crippen LogP contribution in [0.4, 0.5) is 11.6 Å². The Bertz CT molecular complexity index is 3200. The highest BCUT2D eigenvalue weighted by molar-refractivity contribution is 7.38. The number of fused-ring (bicyclic) bond motifs is 4. The molecule has 0 bridgehead atoms. The molecule has 12 rings (SSSR count). The standard InChI is InChI=1S/C56H41N5Si2/c1-6-21-42(22-7-1)44-38-37-43-39-40-56(57-51(43)41-44)61-62(45-23-8-2-9-24-45,46-25-10-3-11-26-46)60(63(61,47-27-12-4-13-28-47)48-29-14-5-15-30-48)55-36-20-35-54(58-55)59-52-33-18-16-31-49(52)50-32-17-19-34-53(50)59/h1-41H. The van der Waals surface area contributed by atoms with Crippen molar-refractivity contribution < 1.29 is 0 Å². The van der Waals surface area contributed by atoms with Crippen molar-refractivity contribution in [2.45, 2.75) is 0 Å². The molecule has 0 radical (unpaired) electrons. The van der Waals surface area contributed by atoms with E-state index in [0.717, 1.165) is 45.0 Å². The predicted molar refractivity (Wildman–Crippen MR) is 267 cm³/mol. The van der Waals surface area contributed by atoms with E-state index in [1.165, 1.54) is 37.1 Å². The van der Waals surface area contributed by atoms with Crippen molar-refractivity contribution in [1.29, 1.82) is 0 Å². The number of aromatic nitrogens is 3. The molecule has 4 heterocycles. The molecule has 0 amide bonds. The third-order valence-electron chi connectivity index (χ3n) is 12.8. The van der Waals surface area contributed by atoms with Crippen LogP contribution in [-0.4, -0.2) is 31.3 Å². The Balaban J connectivity index is 1.20. The van der Waals surface area contributed by atoms with Crippen LogP contribution >= 0.6 is 0 Å². The second kappa shape index (κ2) is 15.0. The van der Waals surface area contributed by atoms with Crippen molar-refractivity contribution >= 4 is 81.9 Å². The minimum atomic E-state index is -3.32. The lowest BCUT2D eigenvalue weighted by molar-refractivity contribution is 1.06. The zero-order valence-electron chi connectivity index (χ0n) is 34.4. The number of hydrogen-bond donors (Lipinski definition) is 0. The van der Waals surface area contributed by atoms with E-state index in [4.69, 9.17) is 9.97 Å². The molecule has 3 aromatic heterocycles. The van der Waals surface area contributed by atoms with Gasteiger partial charge in [-0.3, -0.25) is 4.57 Å². The molecule has 5 nitrogen and oxygen atoms in total. The molecule has 0 spiro atoms. The van der Waals surface area contributed by atoms with Gasteiger partial charge in [0.1, 0.15) is 17.5 Å². The number of benzene rings is 8. The van der Waals surface area contributed by atoms with Gasteiger partial charge < -0.3 is 8.46 Å². The number of hydrogen-bond acceptors (Lipinski definition) is 4. The largest absolute Gasteiger partial charge is 0.363 e. The van der Waals surface area contributed by atoms with E-state index in [1.807, 2.05) is 0 Å². The average Bonchev–Trinajstić information content (AvgIpc) is 3.70. The summed E-state index contributed by atoms with van der Waals surface area (Å²) in [6.45, 7) is 0. The maximum Gasteiger partial charge on any atom is 0.320 e. The quantitative estimate of drug-likeness (QED) is 0.143. The van der Waals surface area contributed by atoms with Crippen LogP contribution < -0.4 is 29.2 Å². The van der Waals surface area contributed by atoms with Gasteiger partial charge in [-0.05, 0) is 74.3 Å². The highest BCUT2D eigenvalue weighted by Crippen LogP contribution is 2.45. The lowest BCUT2D eigenvalue weighted by Crippen LogP contribution is -3.07. The van der Waals surface area contributed by atoms with Gasteiger partial charge in [0.2, 0.25) is 0 Å². The fraction of sp³-hybridized carbons (Fsp3) is 0. The van der Waals surface area contributed by atoms with Gasteiger partial charge in [0.15, 0.2) is 0 Å². The summed E-state index contributed by atoms with van der Waals surface area (Å²) in [5.74, 6) is 2.78. The Morgan fingerprint density at radius 1 is 0.302 bits per heavy atom. The van der Waals surface area contributed by atoms with Gasteiger partial charge in [-0.2, -0.15) is 0 Å². The third kappa shape index (κ3) is 5.60. The molecule has 11 aromatic rings. The van der Waals surface area contributed by atoms with E-state index in [9.17, 15) is 0 Å². The Morgan fingerprint density at radius 2 is 0.714 bits per heavy atom. The molecule has 8 aromatic carbocycles. The van der Waals surface area contributed by atoms with Gasteiger partial charge in [0.05, 0.1) is 16.6 Å².